The number of carbonyl (C=O) groups excluding carboxylic acids is 1. The predicted molar refractivity (Wildman–Crippen MR) is 95.4 cm³/mol. The number of primary amides is 1. The largest absolute Gasteiger partial charge is 0.494 e. The lowest BCUT2D eigenvalue weighted by Crippen LogP contribution is -2.29. The highest BCUT2D eigenvalue weighted by Crippen LogP contribution is 2.39. The molecule has 1 heterocycles. The third-order valence-electron chi connectivity index (χ3n) is 4.84. The SMILES string of the molecule is CC(C)OC1=C(C(N)=O)C=CC(C)(c2ccc3c(c2)CCNC3)C1. The zero-order valence-corrected chi connectivity index (χ0v) is 14.7. The van der Waals surface area contributed by atoms with Crippen molar-refractivity contribution in [1.82, 2.24) is 5.32 Å². The van der Waals surface area contributed by atoms with Crippen LogP contribution < -0.4 is 11.1 Å². The van der Waals surface area contributed by atoms with Crippen LogP contribution in [0.4, 0.5) is 0 Å². The first-order chi connectivity index (χ1) is 11.4. The predicted octanol–water partition coefficient (Wildman–Crippen LogP) is 2.71. The summed E-state index contributed by atoms with van der Waals surface area (Å²) in [5, 5.41) is 3.40. The number of allylic oxidation sites excluding steroid dienone is 2. The molecule has 1 aromatic carbocycles. The first kappa shape index (κ1) is 16.8. The number of ether oxygens (including phenoxy) is 1. The van der Waals surface area contributed by atoms with E-state index < -0.39 is 5.91 Å². The molecule has 3 N–H and O–H groups in total. The van der Waals surface area contributed by atoms with Crippen LogP contribution in [0, 0.1) is 0 Å². The summed E-state index contributed by atoms with van der Waals surface area (Å²) in [5.74, 6) is 0.266. The molecule has 128 valence electrons. The number of carbonyl (C=O) groups is 1. The lowest BCUT2D eigenvalue weighted by atomic mass is 9.74. The Hall–Kier alpha value is -2.07. The molecule has 0 spiro atoms. The van der Waals surface area contributed by atoms with Crippen LogP contribution in [-0.2, 0) is 27.9 Å². The van der Waals surface area contributed by atoms with Crippen molar-refractivity contribution >= 4 is 5.91 Å². The van der Waals surface area contributed by atoms with Gasteiger partial charge in [0.05, 0.1) is 11.7 Å². The molecule has 24 heavy (non-hydrogen) atoms. The average molecular weight is 326 g/mol. The number of amides is 1. The van der Waals surface area contributed by atoms with Crippen LogP contribution in [0.3, 0.4) is 0 Å². The van der Waals surface area contributed by atoms with Crippen LogP contribution in [0.1, 0.15) is 43.9 Å². The number of rotatable bonds is 4. The van der Waals surface area contributed by atoms with Crippen LogP contribution in [0.25, 0.3) is 0 Å². The minimum atomic E-state index is -0.430. The van der Waals surface area contributed by atoms with Crippen molar-refractivity contribution in [2.75, 3.05) is 6.54 Å². The second-order valence-corrected chi connectivity index (χ2v) is 7.21. The van der Waals surface area contributed by atoms with E-state index >= 15 is 0 Å². The molecule has 1 unspecified atom stereocenters. The number of fused-ring (bicyclic) bond motifs is 1. The maximum atomic E-state index is 11.7. The van der Waals surface area contributed by atoms with Gasteiger partial charge in [-0.25, -0.2) is 0 Å². The van der Waals surface area contributed by atoms with Gasteiger partial charge in [-0.3, -0.25) is 4.79 Å². The van der Waals surface area contributed by atoms with Gasteiger partial charge in [0.1, 0.15) is 5.76 Å². The fraction of sp³-hybridized carbons (Fsp3) is 0.450. The molecule has 4 nitrogen and oxygen atoms in total. The molecule has 1 aliphatic heterocycles. The zero-order valence-electron chi connectivity index (χ0n) is 14.7. The Morgan fingerprint density at radius 3 is 2.83 bits per heavy atom. The third kappa shape index (κ3) is 3.24. The molecule has 0 radical (unpaired) electrons. The van der Waals surface area contributed by atoms with E-state index in [0.717, 1.165) is 19.5 Å². The Morgan fingerprint density at radius 2 is 2.12 bits per heavy atom. The van der Waals surface area contributed by atoms with Gasteiger partial charge in [-0.1, -0.05) is 31.2 Å². The van der Waals surface area contributed by atoms with E-state index in [1.165, 1.54) is 16.7 Å². The Labute approximate surface area is 143 Å². The van der Waals surface area contributed by atoms with E-state index in [2.05, 4.69) is 36.5 Å². The van der Waals surface area contributed by atoms with E-state index in [1.807, 2.05) is 19.9 Å². The van der Waals surface area contributed by atoms with Crippen molar-refractivity contribution in [3.63, 3.8) is 0 Å². The van der Waals surface area contributed by atoms with E-state index in [4.69, 9.17) is 10.5 Å². The van der Waals surface area contributed by atoms with Crippen molar-refractivity contribution in [1.29, 1.82) is 0 Å². The van der Waals surface area contributed by atoms with Crippen molar-refractivity contribution in [2.45, 2.75) is 51.7 Å². The monoisotopic (exact) mass is 326 g/mol. The summed E-state index contributed by atoms with van der Waals surface area (Å²) in [4.78, 5) is 11.7. The average Bonchev–Trinajstić information content (AvgIpc) is 2.53. The maximum absolute atomic E-state index is 11.7. The van der Waals surface area contributed by atoms with Gasteiger partial charge in [0.15, 0.2) is 0 Å². The van der Waals surface area contributed by atoms with Crippen LogP contribution in [0.15, 0.2) is 41.7 Å². The normalized spacial score (nSPS) is 23.3. The number of nitrogens with one attached hydrogen (secondary N) is 1. The summed E-state index contributed by atoms with van der Waals surface area (Å²) in [6.45, 7) is 8.08. The van der Waals surface area contributed by atoms with Gasteiger partial charge < -0.3 is 15.8 Å². The molecule has 0 aromatic heterocycles. The van der Waals surface area contributed by atoms with Gasteiger partial charge in [0.25, 0.3) is 5.91 Å². The van der Waals surface area contributed by atoms with Gasteiger partial charge >= 0.3 is 0 Å². The van der Waals surface area contributed by atoms with Crippen molar-refractivity contribution in [3.8, 4) is 0 Å². The van der Waals surface area contributed by atoms with E-state index in [-0.39, 0.29) is 11.5 Å². The first-order valence-electron chi connectivity index (χ1n) is 8.61. The quantitative estimate of drug-likeness (QED) is 0.894. The van der Waals surface area contributed by atoms with Crippen LogP contribution in [0.5, 0.6) is 0 Å². The smallest absolute Gasteiger partial charge is 0.252 e. The molecule has 0 saturated heterocycles. The highest BCUT2D eigenvalue weighted by molar-refractivity contribution is 5.95. The minimum absolute atomic E-state index is 0.0136. The number of hydrogen-bond acceptors (Lipinski definition) is 3. The summed E-state index contributed by atoms with van der Waals surface area (Å²) in [5.41, 5.74) is 9.86. The molecule has 0 fully saturated rings. The summed E-state index contributed by atoms with van der Waals surface area (Å²) in [6, 6.07) is 6.72. The maximum Gasteiger partial charge on any atom is 0.252 e. The highest BCUT2D eigenvalue weighted by atomic mass is 16.5. The highest BCUT2D eigenvalue weighted by Gasteiger charge is 2.32. The molecule has 0 saturated carbocycles. The van der Waals surface area contributed by atoms with Crippen LogP contribution in [0.2, 0.25) is 0 Å². The van der Waals surface area contributed by atoms with E-state index in [1.54, 1.807) is 0 Å². The Balaban J connectivity index is 1.94. The molecular weight excluding hydrogens is 300 g/mol. The zero-order chi connectivity index (χ0) is 17.3. The summed E-state index contributed by atoms with van der Waals surface area (Å²) < 4.78 is 5.91. The number of nitrogens with two attached hydrogens (primary N) is 1. The second-order valence-electron chi connectivity index (χ2n) is 7.21. The molecule has 1 aliphatic carbocycles. The molecule has 2 aliphatic rings. The second kappa shape index (κ2) is 6.44. The van der Waals surface area contributed by atoms with Gasteiger partial charge in [-0.2, -0.15) is 0 Å². The number of hydrogen-bond donors (Lipinski definition) is 2. The molecule has 0 bridgehead atoms. The lowest BCUT2D eigenvalue weighted by molar-refractivity contribution is -0.114. The standard InChI is InChI=1S/C20H26N2O2/c1-13(2)24-18-11-20(3,8-6-17(18)19(21)23)16-5-4-15-12-22-9-7-14(15)10-16/h4-6,8,10,13,22H,7,9,11-12H2,1-3H3,(H2,21,23). The van der Waals surface area contributed by atoms with Gasteiger partial charge in [-0.05, 0) is 49.6 Å². The molecule has 4 heteroatoms. The third-order valence-corrected chi connectivity index (χ3v) is 4.84. The summed E-state index contributed by atoms with van der Waals surface area (Å²) in [7, 11) is 0. The summed E-state index contributed by atoms with van der Waals surface area (Å²) >= 11 is 0. The van der Waals surface area contributed by atoms with Gasteiger partial charge in [0.2, 0.25) is 0 Å². The molecule has 1 aromatic rings. The van der Waals surface area contributed by atoms with Gasteiger partial charge in [-0.15, -0.1) is 0 Å². The fourth-order valence-electron chi connectivity index (χ4n) is 3.49. The first-order valence-corrected chi connectivity index (χ1v) is 8.61. The van der Waals surface area contributed by atoms with E-state index in [9.17, 15) is 4.79 Å². The summed E-state index contributed by atoms with van der Waals surface area (Å²) in [6.07, 6.45) is 5.63. The Kier molecular flexibility index (Phi) is 4.50. The van der Waals surface area contributed by atoms with E-state index in [0.29, 0.717) is 17.8 Å². The minimum Gasteiger partial charge on any atom is -0.494 e. The van der Waals surface area contributed by atoms with Crippen molar-refractivity contribution in [3.05, 3.63) is 58.4 Å². The number of benzene rings is 1. The molecule has 3 rings (SSSR count). The Morgan fingerprint density at radius 1 is 1.33 bits per heavy atom. The topological polar surface area (TPSA) is 64.3 Å². The van der Waals surface area contributed by atoms with Crippen LogP contribution >= 0.6 is 0 Å². The Bertz CT molecular complexity index is 718. The van der Waals surface area contributed by atoms with Crippen molar-refractivity contribution in [2.24, 2.45) is 5.73 Å². The lowest BCUT2D eigenvalue weighted by Gasteiger charge is -2.33. The molecule has 1 amide bonds. The molecule has 1 atom stereocenters. The molecular formula is C20H26N2O2. The van der Waals surface area contributed by atoms with Gasteiger partial charge in [0, 0.05) is 18.4 Å². The van der Waals surface area contributed by atoms with Crippen LogP contribution in [-0.4, -0.2) is 18.6 Å². The fourth-order valence-corrected chi connectivity index (χ4v) is 3.49. The van der Waals surface area contributed by atoms with Crippen molar-refractivity contribution < 1.29 is 9.53 Å².